The maximum atomic E-state index is 9.20. The van der Waals surface area contributed by atoms with Gasteiger partial charge in [-0.05, 0) is 55.7 Å². The molecule has 3 nitrogen and oxygen atoms in total. The Balaban J connectivity index is 1.77. The highest BCUT2D eigenvalue weighted by molar-refractivity contribution is 5.27. The van der Waals surface area contributed by atoms with Crippen molar-refractivity contribution in [3.8, 4) is 11.8 Å². The first-order chi connectivity index (χ1) is 10.2. The summed E-state index contributed by atoms with van der Waals surface area (Å²) < 4.78 is 5.80. The van der Waals surface area contributed by atoms with Crippen LogP contribution in [-0.2, 0) is 6.42 Å². The van der Waals surface area contributed by atoms with Gasteiger partial charge in [0.15, 0.2) is 0 Å². The monoisotopic (exact) mass is 286 g/mol. The number of rotatable bonds is 7. The molecule has 114 valence electrons. The summed E-state index contributed by atoms with van der Waals surface area (Å²) >= 11 is 0. The Morgan fingerprint density at radius 2 is 2.14 bits per heavy atom. The summed E-state index contributed by atoms with van der Waals surface area (Å²) in [7, 11) is 0. The van der Waals surface area contributed by atoms with E-state index in [0.29, 0.717) is 6.61 Å². The molecular weight excluding hydrogens is 260 g/mol. The molecule has 0 saturated heterocycles. The largest absolute Gasteiger partial charge is 0.494 e. The molecule has 0 aromatic heterocycles. The van der Waals surface area contributed by atoms with Gasteiger partial charge in [0, 0.05) is 0 Å². The summed E-state index contributed by atoms with van der Waals surface area (Å²) in [5, 5.41) is 9.20. The molecule has 1 saturated carbocycles. The number of nitrogens with two attached hydrogens (primary N) is 1. The second kappa shape index (κ2) is 7.47. The van der Waals surface area contributed by atoms with E-state index in [-0.39, 0.29) is 5.92 Å². The smallest absolute Gasteiger partial charge is 0.119 e. The zero-order chi connectivity index (χ0) is 15.1. The van der Waals surface area contributed by atoms with E-state index in [1.807, 2.05) is 12.1 Å². The minimum Gasteiger partial charge on any atom is -0.494 e. The molecule has 0 spiro atoms. The van der Waals surface area contributed by atoms with Crippen LogP contribution in [0.4, 0.5) is 0 Å². The van der Waals surface area contributed by atoms with Crippen molar-refractivity contribution in [2.75, 3.05) is 6.61 Å². The summed E-state index contributed by atoms with van der Waals surface area (Å²) in [5.74, 6) is 1.18. The Morgan fingerprint density at radius 1 is 1.38 bits per heavy atom. The topological polar surface area (TPSA) is 59.0 Å². The van der Waals surface area contributed by atoms with E-state index < -0.39 is 5.54 Å². The quantitative estimate of drug-likeness (QED) is 0.829. The van der Waals surface area contributed by atoms with Crippen molar-refractivity contribution in [1.82, 2.24) is 0 Å². The molecule has 2 unspecified atom stereocenters. The van der Waals surface area contributed by atoms with E-state index in [2.05, 4.69) is 25.1 Å². The molecule has 2 rings (SSSR count). The highest BCUT2D eigenvalue weighted by Crippen LogP contribution is 2.35. The molecule has 1 aromatic rings. The van der Waals surface area contributed by atoms with Crippen LogP contribution >= 0.6 is 0 Å². The predicted octanol–water partition coefficient (Wildman–Crippen LogP) is 3.82. The molecule has 1 fully saturated rings. The standard InChI is InChI=1S/C18H26N2O/c1-2-3-5-15-7-9-17(10-8-15)21-13-11-16-6-4-12-18(16,20)14-19/h7-10,16H,2-6,11-13,20H2,1H3. The van der Waals surface area contributed by atoms with Gasteiger partial charge in [-0.25, -0.2) is 0 Å². The van der Waals surface area contributed by atoms with Crippen LogP contribution in [0.2, 0.25) is 0 Å². The summed E-state index contributed by atoms with van der Waals surface area (Å²) in [5.41, 5.74) is 6.87. The zero-order valence-corrected chi connectivity index (χ0v) is 13.0. The molecule has 2 N–H and O–H groups in total. The third kappa shape index (κ3) is 4.22. The van der Waals surface area contributed by atoms with Gasteiger partial charge >= 0.3 is 0 Å². The lowest BCUT2D eigenvalue weighted by atomic mass is 9.87. The van der Waals surface area contributed by atoms with E-state index in [1.54, 1.807) is 0 Å². The van der Waals surface area contributed by atoms with Crippen LogP contribution in [0.15, 0.2) is 24.3 Å². The van der Waals surface area contributed by atoms with Crippen LogP contribution in [0.25, 0.3) is 0 Å². The van der Waals surface area contributed by atoms with E-state index in [1.165, 1.54) is 18.4 Å². The van der Waals surface area contributed by atoms with Crippen molar-refractivity contribution in [3.63, 3.8) is 0 Å². The second-order valence-corrected chi connectivity index (χ2v) is 6.13. The second-order valence-electron chi connectivity index (χ2n) is 6.13. The van der Waals surface area contributed by atoms with Gasteiger partial charge in [-0.15, -0.1) is 0 Å². The van der Waals surface area contributed by atoms with Gasteiger partial charge < -0.3 is 10.5 Å². The van der Waals surface area contributed by atoms with E-state index >= 15 is 0 Å². The first kappa shape index (κ1) is 15.9. The van der Waals surface area contributed by atoms with E-state index in [4.69, 9.17) is 10.5 Å². The minimum atomic E-state index is -0.632. The van der Waals surface area contributed by atoms with Crippen LogP contribution in [0, 0.1) is 17.2 Å². The molecule has 0 aliphatic heterocycles. The highest BCUT2D eigenvalue weighted by Gasteiger charge is 2.39. The molecule has 2 atom stereocenters. The summed E-state index contributed by atoms with van der Waals surface area (Å²) in [4.78, 5) is 0. The van der Waals surface area contributed by atoms with Crippen LogP contribution in [0.5, 0.6) is 5.75 Å². The SMILES string of the molecule is CCCCc1ccc(OCCC2CCCC2(N)C#N)cc1. The minimum absolute atomic E-state index is 0.270. The van der Waals surface area contributed by atoms with E-state index in [9.17, 15) is 5.26 Å². The van der Waals surface area contributed by atoms with Crippen molar-refractivity contribution < 1.29 is 4.74 Å². The maximum Gasteiger partial charge on any atom is 0.119 e. The molecule has 21 heavy (non-hydrogen) atoms. The highest BCUT2D eigenvalue weighted by atomic mass is 16.5. The van der Waals surface area contributed by atoms with Crippen LogP contribution in [-0.4, -0.2) is 12.1 Å². The number of hydrogen-bond acceptors (Lipinski definition) is 3. The Kier molecular flexibility index (Phi) is 5.64. The van der Waals surface area contributed by atoms with Crippen molar-refractivity contribution >= 4 is 0 Å². The van der Waals surface area contributed by atoms with Gasteiger partial charge in [-0.1, -0.05) is 31.9 Å². The number of hydrogen-bond donors (Lipinski definition) is 1. The number of aryl methyl sites for hydroxylation is 1. The van der Waals surface area contributed by atoms with Crippen molar-refractivity contribution in [2.45, 2.75) is 57.4 Å². The predicted molar refractivity (Wildman–Crippen MR) is 85.0 cm³/mol. The number of nitrogens with zero attached hydrogens (tertiary/aromatic N) is 1. The van der Waals surface area contributed by atoms with Gasteiger partial charge in [0.1, 0.15) is 11.3 Å². The Hall–Kier alpha value is -1.53. The van der Waals surface area contributed by atoms with Crippen molar-refractivity contribution in [1.29, 1.82) is 5.26 Å². The summed E-state index contributed by atoms with van der Waals surface area (Å²) in [6.07, 6.45) is 7.37. The molecule has 0 heterocycles. The maximum absolute atomic E-state index is 9.20. The normalized spacial score (nSPS) is 24.7. The van der Waals surface area contributed by atoms with Gasteiger partial charge in [0.05, 0.1) is 12.7 Å². The molecule has 1 aliphatic carbocycles. The Bertz CT molecular complexity index is 477. The molecule has 0 radical (unpaired) electrons. The molecule has 0 bridgehead atoms. The third-order valence-electron chi connectivity index (χ3n) is 4.56. The average molecular weight is 286 g/mol. The fourth-order valence-corrected chi connectivity index (χ4v) is 3.10. The van der Waals surface area contributed by atoms with Crippen LogP contribution in [0.1, 0.15) is 51.0 Å². The van der Waals surface area contributed by atoms with Crippen molar-refractivity contribution in [3.05, 3.63) is 29.8 Å². The number of benzene rings is 1. The number of ether oxygens (including phenoxy) is 1. The molecule has 1 aromatic carbocycles. The molecular formula is C18H26N2O. The van der Waals surface area contributed by atoms with Gasteiger partial charge in [0.25, 0.3) is 0 Å². The van der Waals surface area contributed by atoms with E-state index in [0.717, 1.165) is 37.9 Å². The number of unbranched alkanes of at least 4 members (excludes halogenated alkanes) is 1. The zero-order valence-electron chi connectivity index (χ0n) is 13.0. The average Bonchev–Trinajstić information content (AvgIpc) is 2.88. The number of nitriles is 1. The van der Waals surface area contributed by atoms with Crippen LogP contribution < -0.4 is 10.5 Å². The first-order valence-electron chi connectivity index (χ1n) is 8.10. The Labute approximate surface area is 128 Å². The lowest BCUT2D eigenvalue weighted by Gasteiger charge is -2.23. The fourth-order valence-electron chi connectivity index (χ4n) is 3.10. The van der Waals surface area contributed by atoms with Crippen LogP contribution in [0.3, 0.4) is 0 Å². The van der Waals surface area contributed by atoms with Gasteiger partial charge in [0.2, 0.25) is 0 Å². The third-order valence-corrected chi connectivity index (χ3v) is 4.56. The first-order valence-corrected chi connectivity index (χ1v) is 8.10. The van der Waals surface area contributed by atoms with Gasteiger partial charge in [-0.2, -0.15) is 5.26 Å². The lowest BCUT2D eigenvalue weighted by Crippen LogP contribution is -2.42. The fraction of sp³-hybridized carbons (Fsp3) is 0.611. The molecule has 1 aliphatic rings. The Morgan fingerprint density at radius 3 is 2.81 bits per heavy atom. The summed E-state index contributed by atoms with van der Waals surface area (Å²) in [6.45, 7) is 2.85. The summed E-state index contributed by atoms with van der Waals surface area (Å²) in [6, 6.07) is 10.7. The molecule has 0 amide bonds. The lowest BCUT2D eigenvalue weighted by molar-refractivity contribution is 0.254. The van der Waals surface area contributed by atoms with Crippen molar-refractivity contribution in [2.24, 2.45) is 11.7 Å². The van der Waals surface area contributed by atoms with Gasteiger partial charge in [-0.3, -0.25) is 0 Å². The molecule has 3 heteroatoms.